The molecule has 0 aromatic carbocycles. The molecule has 0 bridgehead atoms. The second kappa shape index (κ2) is 6.77. The van der Waals surface area contributed by atoms with Gasteiger partial charge in [0.2, 0.25) is 0 Å². The second-order valence-electron chi connectivity index (χ2n) is 4.73. The van der Waals surface area contributed by atoms with Crippen LogP contribution in [0.1, 0.15) is 30.8 Å². The van der Waals surface area contributed by atoms with E-state index in [1.807, 2.05) is 7.05 Å². The molecule has 0 aliphatic carbocycles. The van der Waals surface area contributed by atoms with E-state index < -0.39 is 0 Å². The van der Waals surface area contributed by atoms with E-state index in [1.54, 1.807) is 6.26 Å². The predicted molar refractivity (Wildman–Crippen MR) is 66.0 cm³/mol. The lowest BCUT2D eigenvalue weighted by Gasteiger charge is -2.20. The molecule has 96 valence electrons. The van der Waals surface area contributed by atoms with Crippen molar-refractivity contribution in [3.63, 3.8) is 0 Å². The van der Waals surface area contributed by atoms with Crippen LogP contribution in [-0.2, 0) is 17.6 Å². The van der Waals surface area contributed by atoms with Gasteiger partial charge in [0.05, 0.1) is 5.69 Å². The van der Waals surface area contributed by atoms with E-state index >= 15 is 0 Å². The van der Waals surface area contributed by atoms with Crippen LogP contribution in [0.15, 0.2) is 10.7 Å². The molecule has 1 aliphatic heterocycles. The predicted octanol–water partition coefficient (Wildman–Crippen LogP) is 1.80. The van der Waals surface area contributed by atoms with Gasteiger partial charge in [0.15, 0.2) is 5.89 Å². The van der Waals surface area contributed by atoms with E-state index in [4.69, 9.17) is 9.15 Å². The molecule has 1 atom stereocenters. The molecule has 2 heterocycles. The Morgan fingerprint density at radius 1 is 1.53 bits per heavy atom. The number of oxazole rings is 1. The lowest BCUT2D eigenvalue weighted by molar-refractivity contribution is 0.0526. The number of aryl methyl sites for hydroxylation is 1. The van der Waals surface area contributed by atoms with E-state index in [0.717, 1.165) is 50.6 Å². The summed E-state index contributed by atoms with van der Waals surface area (Å²) >= 11 is 0. The largest absolute Gasteiger partial charge is 0.449 e. The Labute approximate surface area is 103 Å². The molecular formula is C13H22N2O2. The summed E-state index contributed by atoms with van der Waals surface area (Å²) in [6.07, 6.45) is 7.22. The summed E-state index contributed by atoms with van der Waals surface area (Å²) < 4.78 is 11.0. The van der Waals surface area contributed by atoms with Crippen molar-refractivity contribution in [2.24, 2.45) is 5.92 Å². The van der Waals surface area contributed by atoms with Gasteiger partial charge in [0.25, 0.3) is 0 Å². The number of hydrogen-bond acceptors (Lipinski definition) is 4. The standard InChI is InChI=1S/C13H22N2O2/c1-14-6-2-5-12-10-17-13(15-12)8-11-4-3-7-16-9-11/h10-11,14H,2-9H2,1H3. The molecule has 0 amide bonds. The fraction of sp³-hybridized carbons (Fsp3) is 0.769. The van der Waals surface area contributed by atoms with Crippen molar-refractivity contribution >= 4 is 0 Å². The third kappa shape index (κ3) is 4.13. The molecule has 1 aliphatic rings. The molecule has 17 heavy (non-hydrogen) atoms. The lowest BCUT2D eigenvalue weighted by atomic mass is 9.99. The quantitative estimate of drug-likeness (QED) is 0.768. The van der Waals surface area contributed by atoms with Crippen molar-refractivity contribution in [2.75, 3.05) is 26.8 Å². The molecule has 0 spiro atoms. The van der Waals surface area contributed by atoms with Gasteiger partial charge in [-0.3, -0.25) is 0 Å². The van der Waals surface area contributed by atoms with Crippen molar-refractivity contribution in [1.82, 2.24) is 10.3 Å². The van der Waals surface area contributed by atoms with Crippen LogP contribution in [0.2, 0.25) is 0 Å². The minimum Gasteiger partial charge on any atom is -0.449 e. The zero-order chi connectivity index (χ0) is 11.9. The SMILES string of the molecule is CNCCCc1coc(CC2CCCOC2)n1. The normalized spacial score (nSPS) is 20.6. The third-order valence-electron chi connectivity index (χ3n) is 3.18. The van der Waals surface area contributed by atoms with Crippen LogP contribution < -0.4 is 5.32 Å². The lowest BCUT2D eigenvalue weighted by Crippen LogP contribution is -2.19. The maximum Gasteiger partial charge on any atom is 0.194 e. The van der Waals surface area contributed by atoms with Gasteiger partial charge in [-0.05, 0) is 45.2 Å². The van der Waals surface area contributed by atoms with Gasteiger partial charge < -0.3 is 14.5 Å². The molecule has 1 saturated heterocycles. The Morgan fingerprint density at radius 3 is 3.24 bits per heavy atom. The Hall–Kier alpha value is -0.870. The fourth-order valence-electron chi connectivity index (χ4n) is 2.22. The van der Waals surface area contributed by atoms with Gasteiger partial charge in [-0.2, -0.15) is 0 Å². The van der Waals surface area contributed by atoms with Gasteiger partial charge in [0.1, 0.15) is 6.26 Å². The van der Waals surface area contributed by atoms with Crippen LogP contribution in [-0.4, -0.2) is 31.8 Å². The van der Waals surface area contributed by atoms with Crippen molar-refractivity contribution in [2.45, 2.75) is 32.1 Å². The maximum atomic E-state index is 5.51. The number of ether oxygens (including phenoxy) is 1. The monoisotopic (exact) mass is 238 g/mol. The Balaban J connectivity index is 1.76. The third-order valence-corrected chi connectivity index (χ3v) is 3.18. The van der Waals surface area contributed by atoms with E-state index in [1.165, 1.54) is 12.8 Å². The summed E-state index contributed by atoms with van der Waals surface area (Å²) in [4.78, 5) is 4.53. The smallest absolute Gasteiger partial charge is 0.194 e. The summed E-state index contributed by atoms with van der Waals surface area (Å²) in [6.45, 7) is 2.80. The van der Waals surface area contributed by atoms with Gasteiger partial charge in [-0.15, -0.1) is 0 Å². The van der Waals surface area contributed by atoms with E-state index in [9.17, 15) is 0 Å². The minimum absolute atomic E-state index is 0.590. The Kier molecular flexibility index (Phi) is 5.01. The first kappa shape index (κ1) is 12.6. The Morgan fingerprint density at radius 2 is 2.47 bits per heavy atom. The van der Waals surface area contributed by atoms with Crippen LogP contribution in [0.5, 0.6) is 0 Å². The van der Waals surface area contributed by atoms with Gasteiger partial charge in [-0.1, -0.05) is 0 Å². The highest BCUT2D eigenvalue weighted by Crippen LogP contribution is 2.18. The highest BCUT2D eigenvalue weighted by molar-refractivity contribution is 4.97. The number of aromatic nitrogens is 1. The summed E-state index contributed by atoms with van der Waals surface area (Å²) in [5.74, 6) is 1.47. The maximum absolute atomic E-state index is 5.51. The zero-order valence-corrected chi connectivity index (χ0v) is 10.6. The highest BCUT2D eigenvalue weighted by atomic mass is 16.5. The first-order valence-corrected chi connectivity index (χ1v) is 6.54. The first-order chi connectivity index (χ1) is 8.38. The van der Waals surface area contributed by atoms with Gasteiger partial charge in [-0.25, -0.2) is 4.98 Å². The topological polar surface area (TPSA) is 47.3 Å². The average Bonchev–Trinajstić information content (AvgIpc) is 2.79. The van der Waals surface area contributed by atoms with Crippen LogP contribution in [0.25, 0.3) is 0 Å². The molecule has 2 rings (SSSR count). The molecule has 1 fully saturated rings. The van der Waals surface area contributed by atoms with Gasteiger partial charge >= 0.3 is 0 Å². The number of nitrogens with one attached hydrogen (secondary N) is 1. The first-order valence-electron chi connectivity index (χ1n) is 6.54. The molecule has 1 aromatic heterocycles. The number of rotatable bonds is 6. The molecule has 1 unspecified atom stereocenters. The molecule has 0 saturated carbocycles. The molecule has 1 N–H and O–H groups in total. The van der Waals surface area contributed by atoms with E-state index in [0.29, 0.717) is 5.92 Å². The van der Waals surface area contributed by atoms with E-state index in [-0.39, 0.29) is 0 Å². The molecule has 1 aromatic rings. The zero-order valence-electron chi connectivity index (χ0n) is 10.6. The molecule has 4 nitrogen and oxygen atoms in total. The van der Waals surface area contributed by atoms with Crippen LogP contribution in [0.3, 0.4) is 0 Å². The Bertz CT molecular complexity index is 319. The summed E-state index contributed by atoms with van der Waals surface area (Å²) in [5.41, 5.74) is 1.08. The summed E-state index contributed by atoms with van der Waals surface area (Å²) in [6, 6.07) is 0. The molecule has 0 radical (unpaired) electrons. The number of hydrogen-bond donors (Lipinski definition) is 1. The fourth-order valence-corrected chi connectivity index (χ4v) is 2.22. The van der Waals surface area contributed by atoms with Crippen molar-refractivity contribution in [3.8, 4) is 0 Å². The summed E-state index contributed by atoms with van der Waals surface area (Å²) in [7, 11) is 1.97. The van der Waals surface area contributed by atoms with E-state index in [2.05, 4.69) is 10.3 Å². The van der Waals surface area contributed by atoms with Crippen molar-refractivity contribution in [3.05, 3.63) is 17.8 Å². The van der Waals surface area contributed by atoms with Crippen LogP contribution in [0, 0.1) is 5.92 Å². The van der Waals surface area contributed by atoms with Crippen LogP contribution in [0.4, 0.5) is 0 Å². The minimum atomic E-state index is 0.590. The van der Waals surface area contributed by atoms with Crippen LogP contribution >= 0.6 is 0 Å². The highest BCUT2D eigenvalue weighted by Gasteiger charge is 2.17. The van der Waals surface area contributed by atoms with Gasteiger partial charge in [0, 0.05) is 19.6 Å². The summed E-state index contributed by atoms with van der Waals surface area (Å²) in [5, 5.41) is 3.14. The average molecular weight is 238 g/mol. The molecule has 4 heteroatoms. The molecular weight excluding hydrogens is 216 g/mol. The van der Waals surface area contributed by atoms with Crippen molar-refractivity contribution in [1.29, 1.82) is 0 Å². The number of nitrogens with zero attached hydrogens (tertiary/aromatic N) is 1. The second-order valence-corrected chi connectivity index (χ2v) is 4.73. The van der Waals surface area contributed by atoms with Crippen molar-refractivity contribution < 1.29 is 9.15 Å².